The molecule has 3 saturated heterocycles. The fraction of sp³-hybridized carbons (Fsp3) is 0.462. The average molecular weight is 2190 g/mol. The molecular formula is C91H116N21Na2O22S9-3. The van der Waals surface area contributed by atoms with Crippen LogP contribution in [0.5, 0.6) is 5.75 Å². The molecule has 3 fully saturated rings. The Hall–Kier alpha value is -8.45. The number of sulfonamides is 3. The minimum absolute atomic E-state index is 0. The fourth-order valence-electron chi connectivity index (χ4n) is 17.9. The van der Waals surface area contributed by atoms with E-state index in [4.69, 9.17) is 0 Å². The number of hydrogen-bond acceptors (Lipinski definition) is 39. The van der Waals surface area contributed by atoms with Gasteiger partial charge in [0.15, 0.2) is 30.6 Å². The number of azo groups is 3. The van der Waals surface area contributed by atoms with E-state index in [1.165, 1.54) is 93.6 Å². The van der Waals surface area contributed by atoms with Crippen LogP contribution in [0.4, 0.5) is 66.2 Å². The second-order valence-electron chi connectivity index (χ2n) is 39.1. The van der Waals surface area contributed by atoms with Crippen molar-refractivity contribution in [2.45, 2.75) is 246 Å². The minimum atomic E-state index is -5.02. The molecule has 3 aromatic heterocycles. The Balaban J connectivity index is 0.000000241. The average Bonchev–Trinajstić information content (AvgIpc) is 0.983. The van der Waals surface area contributed by atoms with Crippen LogP contribution >= 0.6 is 34.6 Å². The number of carbonyl (C=O) groups excluding carboxylic acids is 4. The largest absolute Gasteiger partial charge is 1.00 e. The number of nitrogens with zero attached hydrogens (tertiary/aromatic N) is 14. The predicted octanol–water partition coefficient (Wildman–Crippen LogP) is 10.7. The van der Waals surface area contributed by atoms with Crippen LogP contribution in [0.2, 0.25) is 0 Å². The Morgan fingerprint density at radius 3 is 1.22 bits per heavy atom. The van der Waals surface area contributed by atoms with E-state index < -0.39 is 132 Å². The standard InChI is InChI=1S/C31H34N7O9S3.C31H44N7O6S3.C29H40N7O7S3.2Na/c1-17(39)32-24-12-18(13-25(27(24)40)33-28(41)21-8-6-7-9-26(21)50(45,46)47)34-35-29-22-14-20(10-11-23(22)36-48-29)49(43,44)37-19-15-30(2,3)38(42)31(4,5)16-19;1-8-37(15-9-10-16-47(43,44)36-22-19-30(3,4)38(40)31(5,6)20-22)23-11-13-27(28(17-23)32-21(2)39)33-34-29-25-18-24(46(7,41)42)12-14-26(25)35-45-29;1-19(37)30-26-15-21(9-11-25(26)31-32-27-23-16-22(46(41,42)43)10-12-24(23)33-44-27)35(6)13-7-8-14-45(39,40)34-20-17-28(2,3)36(38)29(4,5)18-20;;/h6-14,19,37,40H,15-16H2,1-5H3,(H,32,39)(H,33,41)(H,45,46,47);11-14,17-18,22,36H,8-10,15-16,19-20H2,1-7H3,(H,32,39);9-12,15-16,20,34H,7-8,13-14,17-18H2,1-6H3,(H,30,37)(H,41,42,43);;/q3*-1;2*+1/p-2. The van der Waals surface area contributed by atoms with Crippen LogP contribution in [0, 0.1) is 15.6 Å². The number of hydrogen-bond donors (Lipinski definition) is 8. The van der Waals surface area contributed by atoms with E-state index in [0.29, 0.717) is 149 Å². The summed E-state index contributed by atoms with van der Waals surface area (Å²) in [7, 11) is -22.4. The molecule has 145 heavy (non-hydrogen) atoms. The Kier molecular flexibility index (Phi) is 39.6. The maximum Gasteiger partial charge on any atom is 1.00 e. The zero-order chi connectivity index (χ0) is 106. The summed E-state index contributed by atoms with van der Waals surface area (Å²) in [6, 6.07) is 29.5. The number of sulfone groups is 1. The number of phenols is 1. The van der Waals surface area contributed by atoms with E-state index in [9.17, 15) is 99.5 Å². The molecule has 0 spiro atoms. The molecular weight excluding hydrogens is 2070 g/mol. The van der Waals surface area contributed by atoms with Crippen LogP contribution in [0.15, 0.2) is 178 Å². The summed E-state index contributed by atoms with van der Waals surface area (Å²) in [4.78, 5) is 51.9. The van der Waals surface area contributed by atoms with Gasteiger partial charge < -0.3 is 76.1 Å². The number of anilines is 6. The number of fused-ring (bicyclic) bond motifs is 3. The number of aromatic hydroxyl groups is 1. The van der Waals surface area contributed by atoms with Crippen LogP contribution in [0.25, 0.3) is 32.7 Å². The first-order chi connectivity index (χ1) is 66.3. The first kappa shape index (κ1) is 120. The Morgan fingerprint density at radius 1 is 0.441 bits per heavy atom. The normalized spacial score (nSPS) is 17.0. The molecule has 776 valence electrons. The van der Waals surface area contributed by atoms with Crippen molar-refractivity contribution in [3.63, 3.8) is 0 Å². The summed E-state index contributed by atoms with van der Waals surface area (Å²) in [5, 5.41) is 90.0. The van der Waals surface area contributed by atoms with Gasteiger partial charge in [-0.1, -0.05) is 12.1 Å². The number of carbonyl (C=O) groups is 4. The van der Waals surface area contributed by atoms with E-state index in [1.807, 2.05) is 80.3 Å². The number of piperidine rings is 3. The maximum atomic E-state index is 13.5. The number of amides is 4. The van der Waals surface area contributed by atoms with Gasteiger partial charge in [0.25, 0.3) is 5.91 Å². The van der Waals surface area contributed by atoms with Crippen LogP contribution < -0.4 is 104 Å². The second-order valence-corrected chi connectivity index (χ2v) is 51.5. The molecule has 0 atom stereocenters. The van der Waals surface area contributed by atoms with Gasteiger partial charge in [-0.2, -0.15) is 13.1 Å². The van der Waals surface area contributed by atoms with Crippen molar-refractivity contribution in [3.05, 3.63) is 149 Å². The third-order valence-electron chi connectivity index (χ3n) is 23.9. The zero-order valence-electron chi connectivity index (χ0n) is 83.9. The molecule has 3 aliphatic heterocycles. The van der Waals surface area contributed by atoms with Gasteiger partial charge in [-0.3, -0.25) is 19.2 Å². The summed E-state index contributed by atoms with van der Waals surface area (Å²) >= 11 is 3.01. The molecule has 54 heteroatoms. The van der Waals surface area contributed by atoms with Crippen molar-refractivity contribution in [1.82, 2.24) is 42.5 Å². The molecule has 0 unspecified atom stereocenters. The van der Waals surface area contributed by atoms with Gasteiger partial charge >= 0.3 is 59.1 Å². The van der Waals surface area contributed by atoms with Gasteiger partial charge in [0.05, 0.1) is 81.6 Å². The van der Waals surface area contributed by atoms with E-state index in [1.54, 1.807) is 64.1 Å². The topological polar surface area (TPSA) is 622 Å². The van der Waals surface area contributed by atoms with Crippen molar-refractivity contribution in [1.29, 1.82) is 0 Å². The minimum Gasteiger partial charge on any atom is -0.784 e. The van der Waals surface area contributed by atoms with E-state index in [-0.39, 0.29) is 126 Å². The number of rotatable bonds is 34. The zero-order valence-corrected chi connectivity index (χ0v) is 95.3. The van der Waals surface area contributed by atoms with Crippen molar-refractivity contribution in [2.24, 2.45) is 30.7 Å². The molecule has 0 bridgehead atoms. The molecule has 0 radical (unpaired) electrons. The molecule has 4 amide bonds. The van der Waals surface area contributed by atoms with Crippen molar-refractivity contribution >= 4 is 217 Å². The van der Waals surface area contributed by atoms with E-state index in [0.717, 1.165) is 79.6 Å². The first-order valence-electron chi connectivity index (χ1n) is 45.1. The van der Waals surface area contributed by atoms with Crippen molar-refractivity contribution in [3.8, 4) is 5.75 Å². The number of benzene rings is 7. The van der Waals surface area contributed by atoms with Gasteiger partial charge in [0.2, 0.25) is 47.8 Å². The molecule has 0 saturated carbocycles. The van der Waals surface area contributed by atoms with Gasteiger partial charge in [-0.05, 0) is 304 Å². The van der Waals surface area contributed by atoms with Crippen LogP contribution in [-0.4, -0.2) is 212 Å². The van der Waals surface area contributed by atoms with Crippen LogP contribution in [0.3, 0.4) is 0 Å². The third-order valence-corrected chi connectivity index (χ3v) is 33.6. The smallest absolute Gasteiger partial charge is 0.784 e. The molecule has 6 heterocycles. The van der Waals surface area contributed by atoms with Crippen LogP contribution in [0.1, 0.15) is 185 Å². The summed E-state index contributed by atoms with van der Waals surface area (Å²) in [5.74, 6) is -2.87. The first-order valence-corrected chi connectivity index (χ1v) is 56.9. The molecule has 0 aliphatic carbocycles. The molecule has 3 aliphatic rings. The quantitative estimate of drug-likeness (QED) is 0.00610. The van der Waals surface area contributed by atoms with Crippen LogP contribution in [-0.2, 0) is 74.5 Å². The van der Waals surface area contributed by atoms with Gasteiger partial charge in [-0.15, -0.1) is 30.7 Å². The van der Waals surface area contributed by atoms with Gasteiger partial charge in [0, 0.05) is 133 Å². The molecule has 10 aromatic rings. The number of phenolic OH excluding ortho intramolecular Hbond substituents is 1. The van der Waals surface area contributed by atoms with Crippen molar-refractivity contribution < 1.29 is 143 Å². The van der Waals surface area contributed by atoms with E-state index in [2.05, 4.69) is 84.1 Å². The second kappa shape index (κ2) is 47.8. The van der Waals surface area contributed by atoms with Gasteiger partial charge in [-0.25, -0.2) is 64.7 Å². The molecule has 13 rings (SSSR count). The summed E-state index contributed by atoms with van der Waals surface area (Å²) in [5.41, 5.74) is -0.509. The summed E-state index contributed by atoms with van der Waals surface area (Å²) in [6.45, 7) is 29.5. The Bertz CT molecular complexity index is 7260. The fourth-order valence-corrected chi connectivity index (χ4v) is 25.8. The van der Waals surface area contributed by atoms with Crippen molar-refractivity contribution in [2.75, 3.05) is 75.5 Å². The maximum absolute atomic E-state index is 13.5. The predicted molar refractivity (Wildman–Crippen MR) is 552 cm³/mol. The van der Waals surface area contributed by atoms with E-state index >= 15 is 0 Å². The Morgan fingerprint density at radius 2 is 0.807 bits per heavy atom. The summed E-state index contributed by atoms with van der Waals surface area (Å²) < 4.78 is 193. The molecule has 43 nitrogen and oxygen atoms in total. The number of unbranched alkanes of at least 4 members (excludes halogenated alkanes) is 2. The Labute approximate surface area is 900 Å². The number of aromatic nitrogens is 3. The monoisotopic (exact) mass is 2190 g/mol. The SMILES string of the molecule is CC(=O)Nc1cc(N(C)CCCCS(=O)(=O)NC2CC(C)(C)N([O-])C(C)(C)C2)ccc1N=Nc1snc2ccc(S(=O)(=O)[O-])cc12.CC(=O)Nc1cc(N=Nc2snc3ccc(S(=O)(=O)NC4CC(C)(C)N([O-])C(C)(C)C4)cc23)cc(NC(=O)c2ccccc2S(=O)(=O)[O-])c1O.CCN(CCCCS(=O)(=O)NC1CC(C)(C)N([O-])C(C)(C)C1)c1ccc(N=Nc2snc3ccc(S(C)(=O)=O)cc23)c(NC(C)=O)c1.[Na+].[Na+]. The third kappa shape index (κ3) is 31.6. The van der Waals surface area contributed by atoms with Gasteiger partial charge in [0.1, 0.15) is 31.6 Å². The number of nitrogens with one attached hydrogen (secondary N) is 7. The molecule has 7 aromatic carbocycles. The summed E-state index contributed by atoms with van der Waals surface area (Å²) in [6.07, 6.45) is 5.59. The number of hydroxylamine groups is 6. The molecule has 8 N–H and O–H groups in total.